The van der Waals surface area contributed by atoms with E-state index in [0.29, 0.717) is 11.8 Å². The highest BCUT2D eigenvalue weighted by Crippen LogP contribution is 2.20. The van der Waals surface area contributed by atoms with E-state index in [-0.39, 0.29) is 5.92 Å². The molecule has 3 heteroatoms. The van der Waals surface area contributed by atoms with Crippen LogP contribution in [0.4, 0.5) is 0 Å². The number of piperidine rings is 1. The third-order valence-electron chi connectivity index (χ3n) is 4.00. The maximum absolute atomic E-state index is 12.2. The van der Waals surface area contributed by atoms with Crippen LogP contribution in [0, 0.1) is 17.8 Å². The molecule has 0 saturated carbocycles. The fourth-order valence-electron chi connectivity index (χ4n) is 2.28. The number of likely N-dealkylation sites (tertiary alicyclic amines) is 1. The van der Waals surface area contributed by atoms with Gasteiger partial charge in [-0.05, 0) is 37.8 Å². The molecule has 1 atom stereocenters. The summed E-state index contributed by atoms with van der Waals surface area (Å²) in [4.78, 5) is 14.2. The van der Waals surface area contributed by atoms with Crippen LogP contribution in [-0.2, 0) is 4.79 Å². The van der Waals surface area contributed by atoms with Crippen LogP contribution in [0.25, 0.3) is 0 Å². The quantitative estimate of drug-likeness (QED) is 0.798. The Labute approximate surface area is 106 Å². The third-order valence-corrected chi connectivity index (χ3v) is 4.00. The van der Waals surface area contributed by atoms with Crippen molar-refractivity contribution < 1.29 is 4.79 Å². The SMILES string of the molecule is CCNCC1CCN(C(=O)C(C)C(C)C)CC1. The zero-order valence-electron chi connectivity index (χ0n) is 11.8. The monoisotopic (exact) mass is 240 g/mol. The van der Waals surface area contributed by atoms with Gasteiger partial charge in [-0.15, -0.1) is 0 Å². The van der Waals surface area contributed by atoms with Crippen molar-refractivity contribution in [3.05, 3.63) is 0 Å². The van der Waals surface area contributed by atoms with E-state index in [4.69, 9.17) is 0 Å². The van der Waals surface area contributed by atoms with Gasteiger partial charge in [-0.1, -0.05) is 27.7 Å². The Bertz CT molecular complexity index is 232. The molecule has 0 aliphatic carbocycles. The lowest BCUT2D eigenvalue weighted by molar-refractivity contribution is -0.137. The second-order valence-electron chi connectivity index (χ2n) is 5.61. The number of carbonyl (C=O) groups is 1. The molecule has 17 heavy (non-hydrogen) atoms. The highest BCUT2D eigenvalue weighted by molar-refractivity contribution is 5.78. The molecular formula is C14H28N2O. The van der Waals surface area contributed by atoms with Crippen molar-refractivity contribution in [2.24, 2.45) is 17.8 Å². The standard InChI is InChI=1S/C14H28N2O/c1-5-15-10-13-6-8-16(9-7-13)14(17)12(4)11(2)3/h11-13,15H,5-10H2,1-4H3. The molecule has 1 aliphatic rings. The van der Waals surface area contributed by atoms with Gasteiger partial charge >= 0.3 is 0 Å². The summed E-state index contributed by atoms with van der Waals surface area (Å²) in [5, 5.41) is 3.40. The highest BCUT2D eigenvalue weighted by atomic mass is 16.2. The zero-order chi connectivity index (χ0) is 12.8. The van der Waals surface area contributed by atoms with Crippen molar-refractivity contribution in [3.63, 3.8) is 0 Å². The summed E-state index contributed by atoms with van der Waals surface area (Å²) < 4.78 is 0. The largest absolute Gasteiger partial charge is 0.342 e. The van der Waals surface area contributed by atoms with Crippen LogP contribution in [0.2, 0.25) is 0 Å². The summed E-state index contributed by atoms with van der Waals surface area (Å²) in [5.41, 5.74) is 0. The van der Waals surface area contributed by atoms with Gasteiger partial charge in [0.05, 0.1) is 0 Å². The summed E-state index contributed by atoms with van der Waals surface area (Å²) >= 11 is 0. The smallest absolute Gasteiger partial charge is 0.225 e. The summed E-state index contributed by atoms with van der Waals surface area (Å²) in [6.07, 6.45) is 2.31. The predicted molar refractivity (Wildman–Crippen MR) is 71.8 cm³/mol. The lowest BCUT2D eigenvalue weighted by atomic mass is 9.92. The van der Waals surface area contributed by atoms with Crippen molar-refractivity contribution in [1.82, 2.24) is 10.2 Å². The molecular weight excluding hydrogens is 212 g/mol. The Morgan fingerprint density at radius 1 is 1.29 bits per heavy atom. The summed E-state index contributed by atoms with van der Waals surface area (Å²) in [7, 11) is 0. The third kappa shape index (κ3) is 4.30. The maximum atomic E-state index is 12.2. The van der Waals surface area contributed by atoms with Gasteiger partial charge in [0, 0.05) is 19.0 Å². The molecule has 1 fully saturated rings. The van der Waals surface area contributed by atoms with Crippen molar-refractivity contribution in [2.75, 3.05) is 26.2 Å². The number of nitrogens with zero attached hydrogens (tertiary/aromatic N) is 1. The second kappa shape index (κ2) is 7.00. The van der Waals surface area contributed by atoms with E-state index in [1.807, 2.05) is 0 Å². The van der Waals surface area contributed by atoms with Gasteiger partial charge in [-0.25, -0.2) is 0 Å². The molecule has 100 valence electrons. The second-order valence-corrected chi connectivity index (χ2v) is 5.61. The van der Waals surface area contributed by atoms with Crippen molar-refractivity contribution >= 4 is 5.91 Å². The fraction of sp³-hybridized carbons (Fsp3) is 0.929. The van der Waals surface area contributed by atoms with Gasteiger partial charge < -0.3 is 10.2 Å². The first-order valence-corrected chi connectivity index (χ1v) is 7.05. The van der Waals surface area contributed by atoms with Crippen LogP contribution in [0.3, 0.4) is 0 Å². The van der Waals surface area contributed by atoms with Gasteiger partial charge in [0.2, 0.25) is 5.91 Å². The van der Waals surface area contributed by atoms with Crippen LogP contribution in [0.1, 0.15) is 40.5 Å². The van der Waals surface area contributed by atoms with Crippen LogP contribution in [0.15, 0.2) is 0 Å². The lowest BCUT2D eigenvalue weighted by Gasteiger charge is -2.34. The van der Waals surface area contributed by atoms with E-state index in [1.165, 1.54) is 0 Å². The number of amides is 1. The molecule has 1 amide bonds. The van der Waals surface area contributed by atoms with E-state index in [1.54, 1.807) is 0 Å². The Balaban J connectivity index is 2.33. The van der Waals surface area contributed by atoms with Gasteiger partial charge in [0.1, 0.15) is 0 Å². The minimum atomic E-state index is 0.167. The number of hydrogen-bond acceptors (Lipinski definition) is 2. The number of rotatable bonds is 5. The molecule has 3 nitrogen and oxygen atoms in total. The van der Waals surface area contributed by atoms with Gasteiger partial charge in [-0.2, -0.15) is 0 Å². The summed E-state index contributed by atoms with van der Waals surface area (Å²) in [6, 6.07) is 0. The van der Waals surface area contributed by atoms with Gasteiger partial charge in [0.25, 0.3) is 0 Å². The van der Waals surface area contributed by atoms with Crippen LogP contribution in [0.5, 0.6) is 0 Å². The molecule has 1 heterocycles. The molecule has 0 spiro atoms. The van der Waals surface area contributed by atoms with Crippen molar-refractivity contribution in [3.8, 4) is 0 Å². The van der Waals surface area contributed by atoms with Crippen LogP contribution in [-0.4, -0.2) is 37.0 Å². The van der Waals surface area contributed by atoms with Crippen LogP contribution >= 0.6 is 0 Å². The normalized spacial score (nSPS) is 19.7. The molecule has 1 aliphatic heterocycles. The Kier molecular flexibility index (Phi) is 5.96. The minimum Gasteiger partial charge on any atom is -0.342 e. The first-order chi connectivity index (χ1) is 8.06. The Hall–Kier alpha value is -0.570. The topological polar surface area (TPSA) is 32.3 Å². The molecule has 0 aromatic rings. The molecule has 1 N–H and O–H groups in total. The van der Waals surface area contributed by atoms with E-state index in [0.717, 1.165) is 44.9 Å². The summed E-state index contributed by atoms with van der Waals surface area (Å²) in [5.74, 6) is 1.72. The van der Waals surface area contributed by atoms with Crippen molar-refractivity contribution in [1.29, 1.82) is 0 Å². The number of nitrogens with one attached hydrogen (secondary N) is 1. The highest BCUT2D eigenvalue weighted by Gasteiger charge is 2.26. The first kappa shape index (κ1) is 14.5. The Morgan fingerprint density at radius 2 is 1.88 bits per heavy atom. The Morgan fingerprint density at radius 3 is 2.35 bits per heavy atom. The van der Waals surface area contributed by atoms with E-state index in [2.05, 4.69) is 37.9 Å². The predicted octanol–water partition coefficient (Wildman–Crippen LogP) is 2.13. The molecule has 1 unspecified atom stereocenters. The van der Waals surface area contributed by atoms with Crippen LogP contribution < -0.4 is 5.32 Å². The van der Waals surface area contributed by atoms with Gasteiger partial charge in [-0.3, -0.25) is 4.79 Å². The molecule has 0 aromatic heterocycles. The van der Waals surface area contributed by atoms with Gasteiger partial charge in [0.15, 0.2) is 0 Å². The molecule has 0 radical (unpaired) electrons. The first-order valence-electron chi connectivity index (χ1n) is 7.05. The molecule has 0 bridgehead atoms. The summed E-state index contributed by atoms with van der Waals surface area (Å²) in [6.45, 7) is 12.5. The molecule has 1 rings (SSSR count). The number of hydrogen-bond donors (Lipinski definition) is 1. The van der Waals surface area contributed by atoms with E-state index in [9.17, 15) is 4.79 Å². The zero-order valence-corrected chi connectivity index (χ0v) is 11.8. The molecule has 0 aromatic carbocycles. The fourth-order valence-corrected chi connectivity index (χ4v) is 2.28. The van der Waals surface area contributed by atoms with E-state index >= 15 is 0 Å². The van der Waals surface area contributed by atoms with E-state index < -0.39 is 0 Å². The minimum absolute atomic E-state index is 0.167. The average Bonchev–Trinajstić information content (AvgIpc) is 2.35. The molecule has 1 saturated heterocycles. The average molecular weight is 240 g/mol. The number of carbonyl (C=O) groups excluding carboxylic acids is 1. The van der Waals surface area contributed by atoms with Crippen molar-refractivity contribution in [2.45, 2.75) is 40.5 Å². The maximum Gasteiger partial charge on any atom is 0.225 e. The lowest BCUT2D eigenvalue weighted by Crippen LogP contribution is -2.43.